The van der Waals surface area contributed by atoms with Crippen LogP contribution in [0.15, 0.2) is 42.6 Å². The number of aryl methyl sites for hydroxylation is 1. The molecule has 2 amide bonds. The molecule has 2 heterocycles. The van der Waals surface area contributed by atoms with Gasteiger partial charge in [-0.1, -0.05) is 18.2 Å². The molecule has 7 nitrogen and oxygen atoms in total. The Morgan fingerprint density at radius 2 is 2.04 bits per heavy atom. The van der Waals surface area contributed by atoms with E-state index in [-0.39, 0.29) is 17.9 Å². The van der Waals surface area contributed by atoms with E-state index in [2.05, 4.69) is 10.4 Å². The van der Waals surface area contributed by atoms with Crippen molar-refractivity contribution in [1.82, 2.24) is 20.0 Å². The van der Waals surface area contributed by atoms with Gasteiger partial charge in [0.25, 0.3) is 5.91 Å². The summed E-state index contributed by atoms with van der Waals surface area (Å²) in [6.07, 6.45) is 1.83. The van der Waals surface area contributed by atoms with Crippen LogP contribution in [0.25, 0.3) is 0 Å². The molecule has 1 aromatic carbocycles. The van der Waals surface area contributed by atoms with Crippen molar-refractivity contribution in [3.63, 3.8) is 0 Å². The fourth-order valence-electron chi connectivity index (χ4n) is 3.13. The molecule has 1 saturated heterocycles. The van der Waals surface area contributed by atoms with Crippen molar-refractivity contribution in [1.29, 1.82) is 0 Å². The first-order valence-electron chi connectivity index (χ1n) is 8.40. The zero-order chi connectivity index (χ0) is 17.8. The maximum atomic E-state index is 12.9. The Balaban J connectivity index is 1.80. The Bertz CT molecular complexity index is 744. The number of carbonyl (C=O) groups excluding carboxylic acids is 2. The van der Waals surface area contributed by atoms with Crippen molar-refractivity contribution in [2.24, 2.45) is 0 Å². The van der Waals surface area contributed by atoms with Gasteiger partial charge in [-0.25, -0.2) is 0 Å². The van der Waals surface area contributed by atoms with Crippen molar-refractivity contribution in [3.8, 4) is 5.75 Å². The van der Waals surface area contributed by atoms with Gasteiger partial charge in [-0.3, -0.25) is 14.3 Å². The quantitative estimate of drug-likeness (QED) is 0.889. The largest absolute Gasteiger partial charge is 0.488 e. The Morgan fingerprint density at radius 3 is 2.72 bits per heavy atom. The van der Waals surface area contributed by atoms with Gasteiger partial charge in [-0.05, 0) is 25.1 Å². The van der Waals surface area contributed by atoms with Crippen LogP contribution in [0.2, 0.25) is 0 Å². The monoisotopic (exact) mass is 342 g/mol. The first kappa shape index (κ1) is 17.0. The predicted molar refractivity (Wildman–Crippen MR) is 92.3 cm³/mol. The molecule has 7 heteroatoms. The van der Waals surface area contributed by atoms with Crippen LogP contribution in [0, 0.1) is 0 Å². The highest BCUT2D eigenvalue weighted by Crippen LogP contribution is 2.25. The van der Waals surface area contributed by atoms with E-state index in [9.17, 15) is 9.59 Å². The predicted octanol–water partition coefficient (Wildman–Crippen LogP) is 1.31. The number of hydrogen-bond acceptors (Lipinski definition) is 4. The highest BCUT2D eigenvalue weighted by molar-refractivity contribution is 5.96. The standard InChI is InChI=1S/C18H22N4O3/c1-3-22-15(9-10-20-22)18(24)21-12-14(11-16(21)17(23)19-2)25-13-7-5-4-6-8-13/h4-10,14,16H,3,11-12H2,1-2H3,(H,19,23). The molecule has 0 saturated carbocycles. The van der Waals surface area contributed by atoms with E-state index in [1.807, 2.05) is 37.3 Å². The highest BCUT2D eigenvalue weighted by atomic mass is 16.5. The molecular formula is C18H22N4O3. The van der Waals surface area contributed by atoms with Crippen LogP contribution in [0.5, 0.6) is 5.75 Å². The number of amides is 2. The molecule has 0 spiro atoms. The number of carbonyl (C=O) groups is 2. The lowest BCUT2D eigenvalue weighted by Gasteiger charge is -2.23. The number of benzene rings is 1. The molecule has 2 atom stereocenters. The second kappa shape index (κ2) is 7.38. The van der Waals surface area contributed by atoms with Crippen LogP contribution >= 0.6 is 0 Å². The molecule has 0 aliphatic carbocycles. The zero-order valence-corrected chi connectivity index (χ0v) is 14.4. The summed E-state index contributed by atoms with van der Waals surface area (Å²) in [6.45, 7) is 2.88. The molecule has 3 rings (SSSR count). The summed E-state index contributed by atoms with van der Waals surface area (Å²) in [7, 11) is 1.58. The highest BCUT2D eigenvalue weighted by Gasteiger charge is 2.41. The molecule has 132 valence electrons. The number of aromatic nitrogens is 2. The number of rotatable bonds is 5. The van der Waals surface area contributed by atoms with Crippen LogP contribution < -0.4 is 10.1 Å². The third kappa shape index (κ3) is 3.50. The van der Waals surface area contributed by atoms with E-state index in [4.69, 9.17) is 4.74 Å². The van der Waals surface area contributed by atoms with Crippen molar-refractivity contribution in [3.05, 3.63) is 48.3 Å². The van der Waals surface area contributed by atoms with Crippen molar-refractivity contribution in [2.75, 3.05) is 13.6 Å². The van der Waals surface area contributed by atoms with E-state index in [1.54, 1.807) is 28.9 Å². The minimum atomic E-state index is -0.550. The van der Waals surface area contributed by atoms with Crippen LogP contribution in [-0.4, -0.2) is 52.2 Å². The number of ether oxygens (including phenoxy) is 1. The Kier molecular flexibility index (Phi) is 5.02. The average Bonchev–Trinajstić information content (AvgIpc) is 3.28. The van der Waals surface area contributed by atoms with Gasteiger partial charge in [0, 0.05) is 26.2 Å². The second-order valence-corrected chi connectivity index (χ2v) is 5.91. The average molecular weight is 342 g/mol. The van der Waals surface area contributed by atoms with Crippen LogP contribution in [0.4, 0.5) is 0 Å². The van der Waals surface area contributed by atoms with Crippen LogP contribution in [0.3, 0.4) is 0 Å². The van der Waals surface area contributed by atoms with Gasteiger partial charge < -0.3 is 15.0 Å². The van der Waals surface area contributed by atoms with Gasteiger partial charge in [0.1, 0.15) is 23.6 Å². The van der Waals surface area contributed by atoms with Gasteiger partial charge in [0.2, 0.25) is 5.91 Å². The molecule has 0 radical (unpaired) electrons. The van der Waals surface area contributed by atoms with Gasteiger partial charge in [0.15, 0.2) is 0 Å². The Morgan fingerprint density at radius 1 is 1.28 bits per heavy atom. The van der Waals surface area contributed by atoms with Gasteiger partial charge >= 0.3 is 0 Å². The molecule has 1 aromatic heterocycles. The topological polar surface area (TPSA) is 76.5 Å². The number of likely N-dealkylation sites (N-methyl/N-ethyl adjacent to an activating group) is 1. The fourth-order valence-corrected chi connectivity index (χ4v) is 3.13. The van der Waals surface area contributed by atoms with E-state index in [0.29, 0.717) is 25.2 Å². The fraction of sp³-hybridized carbons (Fsp3) is 0.389. The lowest BCUT2D eigenvalue weighted by molar-refractivity contribution is -0.124. The third-order valence-electron chi connectivity index (χ3n) is 4.35. The first-order valence-corrected chi connectivity index (χ1v) is 8.40. The van der Waals surface area contributed by atoms with E-state index >= 15 is 0 Å². The first-order chi connectivity index (χ1) is 12.1. The minimum Gasteiger partial charge on any atom is -0.488 e. The molecule has 25 heavy (non-hydrogen) atoms. The summed E-state index contributed by atoms with van der Waals surface area (Å²) in [5.41, 5.74) is 0.483. The van der Waals surface area contributed by atoms with Crippen molar-refractivity contribution in [2.45, 2.75) is 32.0 Å². The van der Waals surface area contributed by atoms with Gasteiger partial charge in [-0.15, -0.1) is 0 Å². The molecule has 1 aliphatic rings. The molecular weight excluding hydrogens is 320 g/mol. The number of nitrogens with one attached hydrogen (secondary N) is 1. The molecule has 0 bridgehead atoms. The number of nitrogens with zero attached hydrogens (tertiary/aromatic N) is 3. The summed E-state index contributed by atoms with van der Waals surface area (Å²) >= 11 is 0. The molecule has 2 aromatic rings. The minimum absolute atomic E-state index is 0.185. The number of likely N-dealkylation sites (tertiary alicyclic amines) is 1. The van der Waals surface area contributed by atoms with Crippen molar-refractivity contribution >= 4 is 11.8 Å². The summed E-state index contributed by atoms with van der Waals surface area (Å²) in [5, 5.41) is 6.78. The molecule has 1 N–H and O–H groups in total. The maximum absolute atomic E-state index is 12.9. The summed E-state index contributed by atoms with van der Waals surface area (Å²) in [6, 6.07) is 10.6. The molecule has 1 aliphatic heterocycles. The summed E-state index contributed by atoms with van der Waals surface area (Å²) in [5.74, 6) is 0.346. The molecule has 2 unspecified atom stereocenters. The van der Waals surface area contributed by atoms with Crippen LogP contribution in [-0.2, 0) is 11.3 Å². The van der Waals surface area contributed by atoms with Gasteiger partial charge in [0.05, 0.1) is 6.54 Å². The third-order valence-corrected chi connectivity index (χ3v) is 4.35. The SMILES string of the molecule is CCn1nccc1C(=O)N1CC(Oc2ccccc2)CC1C(=O)NC. The van der Waals surface area contributed by atoms with E-state index in [1.165, 1.54) is 0 Å². The lowest BCUT2D eigenvalue weighted by atomic mass is 10.2. The van der Waals surface area contributed by atoms with Crippen LogP contribution in [0.1, 0.15) is 23.8 Å². The van der Waals surface area contributed by atoms with Crippen molar-refractivity contribution < 1.29 is 14.3 Å². The number of para-hydroxylation sites is 1. The lowest BCUT2D eigenvalue weighted by Crippen LogP contribution is -2.45. The second-order valence-electron chi connectivity index (χ2n) is 5.91. The Labute approximate surface area is 146 Å². The normalized spacial score (nSPS) is 19.7. The maximum Gasteiger partial charge on any atom is 0.272 e. The number of hydrogen-bond donors (Lipinski definition) is 1. The van der Waals surface area contributed by atoms with Gasteiger partial charge in [-0.2, -0.15) is 5.10 Å². The summed E-state index contributed by atoms with van der Waals surface area (Å²) < 4.78 is 7.59. The van der Waals surface area contributed by atoms with E-state index in [0.717, 1.165) is 5.75 Å². The Hall–Kier alpha value is -2.83. The zero-order valence-electron chi connectivity index (χ0n) is 14.4. The molecule has 1 fully saturated rings. The van der Waals surface area contributed by atoms with E-state index < -0.39 is 6.04 Å². The smallest absolute Gasteiger partial charge is 0.272 e. The summed E-state index contributed by atoms with van der Waals surface area (Å²) in [4.78, 5) is 26.8.